The third-order valence-corrected chi connectivity index (χ3v) is 3.71. The van der Waals surface area contributed by atoms with Crippen molar-refractivity contribution in [1.82, 2.24) is 4.90 Å². The molecule has 0 spiro atoms. The first-order chi connectivity index (χ1) is 9.65. The van der Waals surface area contributed by atoms with Crippen LogP contribution in [0.2, 0.25) is 0 Å². The number of carbonyl (C=O) groups is 2. The van der Waals surface area contributed by atoms with E-state index in [-0.39, 0.29) is 24.7 Å². The fraction of sp³-hybridized carbons (Fsp3) is 0.429. The van der Waals surface area contributed by atoms with E-state index in [1.807, 2.05) is 24.3 Å². The zero-order chi connectivity index (χ0) is 14.4. The largest absolute Gasteiger partial charge is 0.378 e. The summed E-state index contributed by atoms with van der Waals surface area (Å²) in [6.45, 7) is 2.41. The Labute approximate surface area is 131 Å². The predicted octanol–water partition coefficient (Wildman–Crippen LogP) is 1.87. The van der Waals surface area contributed by atoms with Crippen LogP contribution in [0.4, 0.5) is 5.69 Å². The standard InChI is InChI=1S/C14H17IN2O3/c15-11-2-1-3-12(10-11)16-13(18)4-5-14(19)17-6-8-20-9-7-17/h1-3,10H,4-9H2,(H,16,18). The van der Waals surface area contributed by atoms with Crippen molar-refractivity contribution in [3.8, 4) is 0 Å². The molecular formula is C14H17IN2O3. The van der Waals surface area contributed by atoms with Crippen LogP contribution >= 0.6 is 22.6 Å². The number of benzene rings is 1. The summed E-state index contributed by atoms with van der Waals surface area (Å²) in [6, 6.07) is 7.57. The van der Waals surface area contributed by atoms with Crippen LogP contribution in [0.3, 0.4) is 0 Å². The first-order valence-electron chi connectivity index (χ1n) is 6.56. The summed E-state index contributed by atoms with van der Waals surface area (Å²) in [5.74, 6) is -0.111. The summed E-state index contributed by atoms with van der Waals surface area (Å²) < 4.78 is 6.25. The zero-order valence-corrected chi connectivity index (χ0v) is 13.3. The number of morpholine rings is 1. The normalized spacial score (nSPS) is 14.9. The van der Waals surface area contributed by atoms with E-state index < -0.39 is 0 Å². The first kappa shape index (κ1) is 15.2. The number of hydrogen-bond acceptors (Lipinski definition) is 3. The van der Waals surface area contributed by atoms with Gasteiger partial charge in [-0.3, -0.25) is 9.59 Å². The molecule has 5 nitrogen and oxygen atoms in total. The van der Waals surface area contributed by atoms with Gasteiger partial charge in [0.1, 0.15) is 0 Å². The summed E-state index contributed by atoms with van der Waals surface area (Å²) in [5, 5.41) is 2.80. The topological polar surface area (TPSA) is 58.6 Å². The number of hydrogen-bond donors (Lipinski definition) is 1. The van der Waals surface area contributed by atoms with E-state index in [1.54, 1.807) is 4.90 Å². The average molecular weight is 388 g/mol. The van der Waals surface area contributed by atoms with Gasteiger partial charge in [-0.05, 0) is 40.8 Å². The number of halogens is 1. The molecule has 20 heavy (non-hydrogen) atoms. The minimum atomic E-state index is -0.131. The average Bonchev–Trinajstić information content (AvgIpc) is 2.46. The number of nitrogens with one attached hydrogen (secondary N) is 1. The molecule has 6 heteroatoms. The molecule has 1 saturated heterocycles. The van der Waals surface area contributed by atoms with E-state index in [2.05, 4.69) is 27.9 Å². The Hall–Kier alpha value is -1.15. The smallest absolute Gasteiger partial charge is 0.224 e. The summed E-state index contributed by atoms with van der Waals surface area (Å²) in [4.78, 5) is 25.5. The molecule has 0 aliphatic carbocycles. The molecule has 1 N–H and O–H groups in total. The molecule has 0 bridgehead atoms. The van der Waals surface area contributed by atoms with Gasteiger partial charge in [0.05, 0.1) is 13.2 Å². The Morgan fingerprint density at radius 1 is 1.25 bits per heavy atom. The van der Waals surface area contributed by atoms with Gasteiger partial charge in [0.2, 0.25) is 11.8 Å². The van der Waals surface area contributed by atoms with Gasteiger partial charge in [-0.25, -0.2) is 0 Å². The van der Waals surface area contributed by atoms with Crippen molar-refractivity contribution in [2.24, 2.45) is 0 Å². The molecule has 1 fully saturated rings. The molecule has 0 radical (unpaired) electrons. The van der Waals surface area contributed by atoms with E-state index in [0.29, 0.717) is 26.3 Å². The quantitative estimate of drug-likeness (QED) is 0.802. The lowest BCUT2D eigenvalue weighted by molar-refractivity contribution is -0.136. The Balaban J connectivity index is 1.75. The number of ether oxygens (including phenoxy) is 1. The molecule has 1 aliphatic heterocycles. The Morgan fingerprint density at radius 3 is 2.70 bits per heavy atom. The highest BCUT2D eigenvalue weighted by Crippen LogP contribution is 2.13. The third kappa shape index (κ3) is 4.75. The summed E-state index contributed by atoms with van der Waals surface area (Å²) in [6.07, 6.45) is 0.456. The molecule has 0 aromatic heterocycles. The molecule has 1 aliphatic rings. The number of rotatable bonds is 4. The van der Waals surface area contributed by atoms with Crippen LogP contribution < -0.4 is 5.32 Å². The van der Waals surface area contributed by atoms with Crippen molar-refractivity contribution in [2.75, 3.05) is 31.6 Å². The minimum absolute atomic E-state index is 0.0195. The van der Waals surface area contributed by atoms with Gasteiger partial charge in [-0.15, -0.1) is 0 Å². The van der Waals surface area contributed by atoms with Crippen molar-refractivity contribution in [3.63, 3.8) is 0 Å². The number of carbonyl (C=O) groups excluding carboxylic acids is 2. The number of nitrogens with zero attached hydrogens (tertiary/aromatic N) is 1. The highest BCUT2D eigenvalue weighted by Gasteiger charge is 2.17. The molecule has 108 valence electrons. The summed E-state index contributed by atoms with van der Waals surface area (Å²) in [7, 11) is 0. The van der Waals surface area contributed by atoms with Gasteiger partial charge in [-0.1, -0.05) is 6.07 Å². The molecule has 0 saturated carbocycles. The maximum atomic E-state index is 11.9. The van der Waals surface area contributed by atoms with E-state index in [0.717, 1.165) is 9.26 Å². The lowest BCUT2D eigenvalue weighted by atomic mass is 10.2. The molecule has 2 rings (SSSR count). The maximum absolute atomic E-state index is 11.9. The van der Waals surface area contributed by atoms with Gasteiger partial charge in [0.15, 0.2) is 0 Å². The lowest BCUT2D eigenvalue weighted by Gasteiger charge is -2.26. The molecule has 1 heterocycles. The van der Waals surface area contributed by atoms with Gasteiger partial charge in [0.25, 0.3) is 0 Å². The molecule has 0 atom stereocenters. The van der Waals surface area contributed by atoms with Crippen molar-refractivity contribution in [2.45, 2.75) is 12.8 Å². The van der Waals surface area contributed by atoms with Crippen LogP contribution in [0.15, 0.2) is 24.3 Å². The fourth-order valence-corrected chi connectivity index (χ4v) is 2.52. The zero-order valence-electron chi connectivity index (χ0n) is 11.1. The van der Waals surface area contributed by atoms with Crippen LogP contribution in [-0.2, 0) is 14.3 Å². The van der Waals surface area contributed by atoms with Crippen LogP contribution in [-0.4, -0.2) is 43.0 Å². The van der Waals surface area contributed by atoms with E-state index in [9.17, 15) is 9.59 Å². The fourth-order valence-electron chi connectivity index (χ4n) is 1.98. The second-order valence-corrected chi connectivity index (χ2v) is 5.80. The van der Waals surface area contributed by atoms with Crippen LogP contribution in [0.1, 0.15) is 12.8 Å². The summed E-state index contributed by atoms with van der Waals surface area (Å²) in [5.41, 5.74) is 0.765. The van der Waals surface area contributed by atoms with Crippen LogP contribution in [0.25, 0.3) is 0 Å². The second-order valence-electron chi connectivity index (χ2n) is 4.55. The third-order valence-electron chi connectivity index (χ3n) is 3.04. The Morgan fingerprint density at radius 2 is 2.00 bits per heavy atom. The van der Waals surface area contributed by atoms with Gasteiger partial charge >= 0.3 is 0 Å². The maximum Gasteiger partial charge on any atom is 0.224 e. The number of amides is 2. The predicted molar refractivity (Wildman–Crippen MR) is 84.4 cm³/mol. The van der Waals surface area contributed by atoms with E-state index in [4.69, 9.17) is 4.74 Å². The molecule has 2 amide bonds. The second kappa shape index (κ2) is 7.58. The van der Waals surface area contributed by atoms with E-state index >= 15 is 0 Å². The van der Waals surface area contributed by atoms with Crippen molar-refractivity contribution < 1.29 is 14.3 Å². The number of anilines is 1. The van der Waals surface area contributed by atoms with Crippen molar-refractivity contribution in [1.29, 1.82) is 0 Å². The Kier molecular flexibility index (Phi) is 5.78. The highest BCUT2D eigenvalue weighted by molar-refractivity contribution is 14.1. The lowest BCUT2D eigenvalue weighted by Crippen LogP contribution is -2.40. The van der Waals surface area contributed by atoms with Crippen molar-refractivity contribution >= 4 is 40.1 Å². The van der Waals surface area contributed by atoms with Crippen molar-refractivity contribution in [3.05, 3.63) is 27.8 Å². The minimum Gasteiger partial charge on any atom is -0.378 e. The molecule has 1 aromatic rings. The Bertz CT molecular complexity index is 487. The molecular weight excluding hydrogens is 371 g/mol. The van der Waals surface area contributed by atoms with Gasteiger partial charge in [0, 0.05) is 35.2 Å². The van der Waals surface area contributed by atoms with Gasteiger partial charge < -0.3 is 15.0 Å². The SMILES string of the molecule is O=C(CCC(=O)N1CCOCC1)Nc1cccc(I)c1. The van der Waals surface area contributed by atoms with Crippen LogP contribution in [0, 0.1) is 3.57 Å². The molecule has 1 aromatic carbocycles. The van der Waals surface area contributed by atoms with Gasteiger partial charge in [-0.2, -0.15) is 0 Å². The van der Waals surface area contributed by atoms with Crippen LogP contribution in [0.5, 0.6) is 0 Å². The summed E-state index contributed by atoms with van der Waals surface area (Å²) >= 11 is 2.19. The highest BCUT2D eigenvalue weighted by atomic mass is 127. The van der Waals surface area contributed by atoms with E-state index in [1.165, 1.54) is 0 Å². The molecule has 0 unspecified atom stereocenters. The first-order valence-corrected chi connectivity index (χ1v) is 7.64. The monoisotopic (exact) mass is 388 g/mol.